The molecule has 0 saturated carbocycles. The maximum Gasteiger partial charge on any atom is 0.143 e. The molecule has 3 nitrogen and oxygen atoms in total. The van der Waals surface area contributed by atoms with Crippen molar-refractivity contribution in [2.75, 3.05) is 0 Å². The predicted molar refractivity (Wildman–Crippen MR) is 221 cm³/mol. The molecule has 0 aliphatic heterocycles. The van der Waals surface area contributed by atoms with Gasteiger partial charge in [0.1, 0.15) is 11.2 Å². The van der Waals surface area contributed by atoms with Crippen LogP contribution in [0.25, 0.3) is 110 Å². The normalized spacial score (nSPS) is 11.8. The summed E-state index contributed by atoms with van der Waals surface area (Å²) in [5, 5.41) is 9.34. The molecule has 3 heteroatoms. The summed E-state index contributed by atoms with van der Waals surface area (Å²) in [5.74, 6) is 0. The van der Waals surface area contributed by atoms with Crippen molar-refractivity contribution in [3.05, 3.63) is 182 Å². The number of hydrogen-bond acceptors (Lipinski definition) is 3. The molecule has 9 aromatic carbocycles. The van der Waals surface area contributed by atoms with Crippen LogP contribution >= 0.6 is 0 Å². The number of furan rings is 1. The minimum atomic E-state index is 0.913. The van der Waals surface area contributed by atoms with E-state index in [-0.39, 0.29) is 0 Å². The van der Waals surface area contributed by atoms with Crippen molar-refractivity contribution >= 4 is 65.3 Å². The van der Waals surface area contributed by atoms with Crippen molar-refractivity contribution in [2.24, 2.45) is 0 Å². The van der Waals surface area contributed by atoms with E-state index in [0.717, 1.165) is 54.9 Å². The molecule has 53 heavy (non-hydrogen) atoms. The van der Waals surface area contributed by atoms with E-state index in [1.165, 1.54) is 54.9 Å². The molecule has 0 amide bonds. The van der Waals surface area contributed by atoms with Gasteiger partial charge in [0, 0.05) is 39.5 Å². The zero-order valence-electron chi connectivity index (χ0n) is 28.6. The first-order chi connectivity index (χ1) is 26.3. The summed E-state index contributed by atoms with van der Waals surface area (Å²) in [4.78, 5) is 9.52. The van der Waals surface area contributed by atoms with Gasteiger partial charge in [-0.3, -0.25) is 9.97 Å². The van der Waals surface area contributed by atoms with E-state index in [9.17, 15) is 0 Å². The van der Waals surface area contributed by atoms with E-state index < -0.39 is 0 Å². The van der Waals surface area contributed by atoms with Gasteiger partial charge in [0.2, 0.25) is 0 Å². The highest BCUT2D eigenvalue weighted by atomic mass is 16.3. The fourth-order valence-electron chi connectivity index (χ4n) is 8.28. The zero-order chi connectivity index (χ0) is 34.9. The van der Waals surface area contributed by atoms with Crippen molar-refractivity contribution in [3.63, 3.8) is 0 Å². The molecule has 0 fully saturated rings. The summed E-state index contributed by atoms with van der Waals surface area (Å²) >= 11 is 0. The second-order valence-electron chi connectivity index (χ2n) is 13.7. The van der Waals surface area contributed by atoms with Crippen LogP contribution in [0, 0.1) is 0 Å². The van der Waals surface area contributed by atoms with Crippen molar-refractivity contribution in [1.29, 1.82) is 0 Å². The average molecular weight is 675 g/mol. The van der Waals surface area contributed by atoms with Crippen LogP contribution in [0.3, 0.4) is 0 Å². The summed E-state index contributed by atoms with van der Waals surface area (Å²) in [6.07, 6.45) is 3.56. The number of aromatic nitrogens is 2. The van der Waals surface area contributed by atoms with Crippen LogP contribution < -0.4 is 0 Å². The van der Waals surface area contributed by atoms with Gasteiger partial charge >= 0.3 is 0 Å². The first-order valence-electron chi connectivity index (χ1n) is 18.0. The third-order valence-corrected chi connectivity index (χ3v) is 10.8. The first-order valence-corrected chi connectivity index (χ1v) is 18.0. The third kappa shape index (κ3) is 4.68. The fourth-order valence-corrected chi connectivity index (χ4v) is 8.28. The van der Waals surface area contributed by atoms with Crippen LogP contribution in [0.4, 0.5) is 0 Å². The van der Waals surface area contributed by atoms with Gasteiger partial charge in [-0.15, -0.1) is 0 Å². The van der Waals surface area contributed by atoms with Gasteiger partial charge in [-0.05, 0) is 78.7 Å². The largest absolute Gasteiger partial charge is 0.455 e. The second-order valence-corrected chi connectivity index (χ2v) is 13.7. The lowest BCUT2D eigenvalue weighted by Crippen LogP contribution is -1.89. The molecule has 0 N–H and O–H groups in total. The van der Waals surface area contributed by atoms with E-state index in [4.69, 9.17) is 14.4 Å². The summed E-state index contributed by atoms with van der Waals surface area (Å²) in [5.41, 5.74) is 13.1. The van der Waals surface area contributed by atoms with Crippen LogP contribution in [0.5, 0.6) is 0 Å². The van der Waals surface area contributed by atoms with Gasteiger partial charge in [-0.25, -0.2) is 0 Å². The third-order valence-electron chi connectivity index (χ3n) is 10.8. The Hall–Kier alpha value is -7.10. The van der Waals surface area contributed by atoms with Gasteiger partial charge in [0.15, 0.2) is 0 Å². The predicted octanol–water partition coefficient (Wildman–Crippen LogP) is 13.7. The highest BCUT2D eigenvalue weighted by molar-refractivity contribution is 6.23. The molecular formula is C50H30N2O. The molecular weight excluding hydrogens is 645 g/mol. The first kappa shape index (κ1) is 29.6. The average Bonchev–Trinajstić information content (AvgIpc) is 3.63. The Labute approximate surface area is 305 Å². The highest BCUT2D eigenvalue weighted by Crippen LogP contribution is 2.42. The van der Waals surface area contributed by atoms with E-state index in [1.807, 2.05) is 12.1 Å². The molecule has 0 aliphatic rings. The minimum Gasteiger partial charge on any atom is -0.455 e. The van der Waals surface area contributed by atoms with Crippen LogP contribution in [0.15, 0.2) is 187 Å². The van der Waals surface area contributed by atoms with Crippen LogP contribution in [-0.4, -0.2) is 9.97 Å². The quantitative estimate of drug-likeness (QED) is 0.174. The smallest absolute Gasteiger partial charge is 0.143 e. The molecule has 0 spiro atoms. The Kier molecular flexibility index (Phi) is 6.55. The Morgan fingerprint density at radius 2 is 0.849 bits per heavy atom. The van der Waals surface area contributed by atoms with E-state index in [1.54, 1.807) is 12.4 Å². The minimum absolute atomic E-state index is 0.913. The summed E-state index contributed by atoms with van der Waals surface area (Å²) in [6.45, 7) is 0. The van der Waals surface area contributed by atoms with Gasteiger partial charge in [-0.2, -0.15) is 0 Å². The van der Waals surface area contributed by atoms with Crippen molar-refractivity contribution in [3.8, 4) is 44.5 Å². The lowest BCUT2D eigenvalue weighted by molar-refractivity contribution is 0.670. The Bertz CT molecular complexity index is 3190. The van der Waals surface area contributed by atoms with E-state index >= 15 is 0 Å². The molecule has 246 valence electrons. The second kappa shape index (κ2) is 11.7. The molecule has 2 heterocycles. The van der Waals surface area contributed by atoms with Crippen LogP contribution in [0.2, 0.25) is 0 Å². The topological polar surface area (TPSA) is 38.9 Å². The fraction of sp³-hybridized carbons (Fsp3) is 0. The molecule has 0 atom stereocenters. The molecule has 0 bridgehead atoms. The van der Waals surface area contributed by atoms with Crippen molar-refractivity contribution in [2.45, 2.75) is 0 Å². The molecule has 11 rings (SSSR count). The van der Waals surface area contributed by atoms with Gasteiger partial charge in [-0.1, -0.05) is 152 Å². The molecule has 2 aromatic heterocycles. The maximum absolute atomic E-state index is 6.44. The highest BCUT2D eigenvalue weighted by Gasteiger charge is 2.16. The lowest BCUT2D eigenvalue weighted by atomic mass is 9.90. The van der Waals surface area contributed by atoms with E-state index in [0.29, 0.717) is 0 Å². The SMILES string of the molecule is c1cc(-c2ccc(-c3ccc(-c4cccc5c4oc4ccccc45)c4ccccc34)cc2)cc(-c2ccc3c4ccccc4c4nccnc4c3c2)c1. The monoisotopic (exact) mass is 674 g/mol. The van der Waals surface area contributed by atoms with Crippen LogP contribution in [0.1, 0.15) is 0 Å². The lowest BCUT2D eigenvalue weighted by Gasteiger charge is -2.13. The number of benzene rings is 9. The number of para-hydroxylation sites is 2. The number of nitrogens with zero attached hydrogens (tertiary/aromatic N) is 2. The zero-order valence-corrected chi connectivity index (χ0v) is 28.6. The van der Waals surface area contributed by atoms with Gasteiger partial charge in [0.05, 0.1) is 11.0 Å². The molecule has 0 saturated heterocycles. The Morgan fingerprint density at radius 3 is 1.66 bits per heavy atom. The van der Waals surface area contributed by atoms with Crippen LogP contribution in [-0.2, 0) is 0 Å². The van der Waals surface area contributed by atoms with Crippen molar-refractivity contribution < 1.29 is 4.42 Å². The number of rotatable bonds is 4. The Balaban J connectivity index is 0.966. The summed E-state index contributed by atoms with van der Waals surface area (Å²) < 4.78 is 6.44. The molecule has 0 radical (unpaired) electrons. The summed E-state index contributed by atoms with van der Waals surface area (Å²) in [7, 11) is 0. The Morgan fingerprint density at radius 1 is 0.302 bits per heavy atom. The molecule has 0 aliphatic carbocycles. The van der Waals surface area contributed by atoms with Crippen molar-refractivity contribution in [1.82, 2.24) is 9.97 Å². The number of fused-ring (bicyclic) bond motifs is 10. The summed E-state index contributed by atoms with van der Waals surface area (Å²) in [6, 6.07) is 60.9. The molecule has 0 unspecified atom stereocenters. The number of hydrogen-bond donors (Lipinski definition) is 0. The van der Waals surface area contributed by atoms with Gasteiger partial charge < -0.3 is 4.42 Å². The standard InChI is InChI=1S/C50H30N2O/c1-2-12-38-37(11-1)36(25-26-40(38)44-16-8-17-45-42-14-5-6-18-47(42)53-50(44)45)32-21-19-31(20-22-32)33-9-7-10-34(29-33)35-23-24-41-39-13-3-4-15-43(39)48-49(46(41)30-35)52-28-27-51-48/h1-30H. The maximum atomic E-state index is 6.44. The van der Waals surface area contributed by atoms with Gasteiger partial charge in [0.25, 0.3) is 0 Å². The molecule has 11 aromatic rings. The van der Waals surface area contributed by atoms with E-state index in [2.05, 4.69) is 158 Å².